The average molecular weight is 291 g/mol. The van der Waals surface area contributed by atoms with Crippen LogP contribution in [0.3, 0.4) is 0 Å². The minimum Gasteiger partial charge on any atom is -0.328 e. The second kappa shape index (κ2) is 6.63. The molecule has 2 nitrogen and oxygen atoms in total. The van der Waals surface area contributed by atoms with Crippen LogP contribution in [0, 0.1) is 0 Å². The lowest BCUT2D eigenvalue weighted by molar-refractivity contribution is 0.325. The second-order valence-corrected chi connectivity index (χ2v) is 5.96. The molecule has 0 aliphatic carbocycles. The van der Waals surface area contributed by atoms with Gasteiger partial charge in [-0.3, -0.25) is 0 Å². The topological polar surface area (TPSA) is 29.3 Å². The van der Waals surface area contributed by atoms with Gasteiger partial charge in [0, 0.05) is 27.3 Å². The van der Waals surface area contributed by atoms with Crippen molar-refractivity contribution in [1.82, 2.24) is 4.90 Å². The Morgan fingerprint density at radius 2 is 2.27 bits per heavy atom. The van der Waals surface area contributed by atoms with Crippen molar-refractivity contribution in [2.75, 3.05) is 20.1 Å². The third kappa shape index (κ3) is 5.66. The summed E-state index contributed by atoms with van der Waals surface area (Å²) in [6.07, 6.45) is 2.20. The van der Waals surface area contributed by atoms with E-state index < -0.39 is 0 Å². The summed E-state index contributed by atoms with van der Waals surface area (Å²) < 4.78 is 1.20. The number of hydrogen-bond donors (Lipinski definition) is 1. The first-order chi connectivity index (χ1) is 7.08. The lowest BCUT2D eigenvalue weighted by atomic mass is 10.2. The van der Waals surface area contributed by atoms with Crippen LogP contribution in [-0.4, -0.2) is 31.1 Å². The Balaban J connectivity index is 2.19. The molecule has 1 atom stereocenters. The molecule has 1 unspecified atom stereocenters. The van der Waals surface area contributed by atoms with Crippen LogP contribution >= 0.6 is 27.3 Å². The first kappa shape index (κ1) is 13.2. The molecule has 0 aliphatic heterocycles. The highest BCUT2D eigenvalue weighted by Crippen LogP contribution is 2.20. The highest BCUT2D eigenvalue weighted by atomic mass is 79.9. The van der Waals surface area contributed by atoms with Gasteiger partial charge in [-0.15, -0.1) is 11.3 Å². The van der Waals surface area contributed by atoms with Crippen LogP contribution in [0.1, 0.15) is 18.2 Å². The molecule has 0 aromatic carbocycles. The van der Waals surface area contributed by atoms with Gasteiger partial charge in [-0.2, -0.15) is 0 Å². The lowest BCUT2D eigenvalue weighted by Crippen LogP contribution is -2.27. The van der Waals surface area contributed by atoms with Gasteiger partial charge < -0.3 is 10.6 Å². The van der Waals surface area contributed by atoms with E-state index in [4.69, 9.17) is 5.73 Å². The SMILES string of the molecule is CC(N)CCN(C)CCc1cc(Br)cs1. The van der Waals surface area contributed by atoms with Crippen molar-refractivity contribution in [3.63, 3.8) is 0 Å². The zero-order chi connectivity index (χ0) is 11.3. The van der Waals surface area contributed by atoms with Crippen LogP contribution in [0.2, 0.25) is 0 Å². The molecule has 0 radical (unpaired) electrons. The van der Waals surface area contributed by atoms with Crippen molar-refractivity contribution in [2.45, 2.75) is 25.8 Å². The van der Waals surface area contributed by atoms with E-state index in [1.807, 2.05) is 11.3 Å². The van der Waals surface area contributed by atoms with Crippen molar-refractivity contribution in [2.24, 2.45) is 5.73 Å². The average Bonchev–Trinajstić information content (AvgIpc) is 2.58. The molecule has 2 N–H and O–H groups in total. The van der Waals surface area contributed by atoms with Gasteiger partial charge in [0.15, 0.2) is 0 Å². The predicted molar refractivity (Wildman–Crippen MR) is 71.5 cm³/mol. The standard InChI is InChI=1S/C11H19BrN2S/c1-9(13)3-5-14(2)6-4-11-7-10(12)8-15-11/h7-9H,3-6,13H2,1-2H3. The van der Waals surface area contributed by atoms with Crippen LogP contribution in [0.25, 0.3) is 0 Å². The summed E-state index contributed by atoms with van der Waals surface area (Å²) in [7, 11) is 2.16. The smallest absolute Gasteiger partial charge is 0.0285 e. The Bertz CT molecular complexity index is 286. The van der Waals surface area contributed by atoms with E-state index in [1.165, 1.54) is 9.35 Å². The maximum atomic E-state index is 5.72. The van der Waals surface area contributed by atoms with Gasteiger partial charge in [0.25, 0.3) is 0 Å². The Labute approximate surface area is 105 Å². The molecule has 0 amide bonds. The van der Waals surface area contributed by atoms with Gasteiger partial charge in [0.05, 0.1) is 0 Å². The van der Waals surface area contributed by atoms with E-state index in [2.05, 4.69) is 46.2 Å². The molecule has 0 saturated carbocycles. The molecule has 15 heavy (non-hydrogen) atoms. The van der Waals surface area contributed by atoms with E-state index in [9.17, 15) is 0 Å². The Kier molecular flexibility index (Phi) is 5.82. The number of thiophene rings is 1. The predicted octanol–water partition coefficient (Wildman–Crippen LogP) is 2.72. The number of nitrogens with zero attached hydrogens (tertiary/aromatic N) is 1. The second-order valence-electron chi connectivity index (χ2n) is 4.05. The molecule has 0 bridgehead atoms. The van der Waals surface area contributed by atoms with E-state index in [1.54, 1.807) is 0 Å². The Morgan fingerprint density at radius 1 is 1.53 bits per heavy atom. The zero-order valence-electron chi connectivity index (χ0n) is 9.37. The van der Waals surface area contributed by atoms with Gasteiger partial charge in [0.1, 0.15) is 0 Å². The lowest BCUT2D eigenvalue weighted by Gasteiger charge is -2.17. The summed E-state index contributed by atoms with van der Waals surface area (Å²) in [6, 6.07) is 2.51. The summed E-state index contributed by atoms with van der Waals surface area (Å²) in [5.41, 5.74) is 5.72. The fourth-order valence-electron chi connectivity index (χ4n) is 1.32. The fourth-order valence-corrected chi connectivity index (χ4v) is 2.77. The largest absolute Gasteiger partial charge is 0.328 e. The van der Waals surface area contributed by atoms with Gasteiger partial charge in [0.2, 0.25) is 0 Å². The van der Waals surface area contributed by atoms with Gasteiger partial charge >= 0.3 is 0 Å². The van der Waals surface area contributed by atoms with E-state index in [-0.39, 0.29) is 0 Å². The maximum Gasteiger partial charge on any atom is 0.0285 e. The zero-order valence-corrected chi connectivity index (χ0v) is 11.8. The van der Waals surface area contributed by atoms with Crippen molar-refractivity contribution < 1.29 is 0 Å². The summed E-state index contributed by atoms with van der Waals surface area (Å²) in [5.74, 6) is 0. The highest BCUT2D eigenvalue weighted by molar-refractivity contribution is 9.10. The number of hydrogen-bond acceptors (Lipinski definition) is 3. The van der Waals surface area contributed by atoms with Crippen LogP contribution in [-0.2, 0) is 6.42 Å². The summed E-state index contributed by atoms with van der Waals surface area (Å²) in [5, 5.41) is 2.14. The molecule has 1 heterocycles. The van der Waals surface area contributed by atoms with Crippen molar-refractivity contribution >= 4 is 27.3 Å². The minimum absolute atomic E-state index is 0.309. The molecular weight excluding hydrogens is 272 g/mol. The van der Waals surface area contributed by atoms with Gasteiger partial charge in [-0.25, -0.2) is 0 Å². The van der Waals surface area contributed by atoms with Crippen molar-refractivity contribution in [1.29, 1.82) is 0 Å². The van der Waals surface area contributed by atoms with Crippen molar-refractivity contribution in [3.8, 4) is 0 Å². The Morgan fingerprint density at radius 3 is 2.80 bits per heavy atom. The van der Waals surface area contributed by atoms with Gasteiger partial charge in [-0.05, 0) is 55.4 Å². The van der Waals surface area contributed by atoms with E-state index in [0.717, 1.165) is 25.9 Å². The highest BCUT2D eigenvalue weighted by Gasteiger charge is 2.02. The summed E-state index contributed by atoms with van der Waals surface area (Å²) in [6.45, 7) is 4.26. The molecular formula is C11H19BrN2S. The van der Waals surface area contributed by atoms with Crippen LogP contribution in [0.4, 0.5) is 0 Å². The molecule has 1 rings (SSSR count). The van der Waals surface area contributed by atoms with E-state index in [0.29, 0.717) is 6.04 Å². The molecule has 0 spiro atoms. The number of nitrogens with two attached hydrogens (primary N) is 1. The van der Waals surface area contributed by atoms with Crippen LogP contribution in [0.5, 0.6) is 0 Å². The number of rotatable bonds is 6. The molecule has 1 aromatic rings. The number of likely N-dealkylation sites (N-methyl/N-ethyl adjacent to an activating group) is 1. The first-order valence-corrected chi connectivity index (χ1v) is 6.92. The van der Waals surface area contributed by atoms with Crippen LogP contribution in [0.15, 0.2) is 15.9 Å². The molecule has 0 aliphatic rings. The summed E-state index contributed by atoms with van der Waals surface area (Å²) >= 11 is 5.29. The summed E-state index contributed by atoms with van der Waals surface area (Å²) in [4.78, 5) is 3.78. The molecule has 4 heteroatoms. The molecule has 86 valence electrons. The van der Waals surface area contributed by atoms with Crippen molar-refractivity contribution in [3.05, 3.63) is 20.8 Å². The minimum atomic E-state index is 0.309. The quantitative estimate of drug-likeness (QED) is 0.873. The Hall–Kier alpha value is 0.1000. The normalized spacial score (nSPS) is 13.4. The number of halogens is 1. The monoisotopic (exact) mass is 290 g/mol. The van der Waals surface area contributed by atoms with Gasteiger partial charge in [-0.1, -0.05) is 0 Å². The molecule has 0 saturated heterocycles. The molecule has 0 fully saturated rings. The maximum absolute atomic E-state index is 5.72. The first-order valence-electron chi connectivity index (χ1n) is 5.25. The third-order valence-electron chi connectivity index (χ3n) is 2.33. The van der Waals surface area contributed by atoms with E-state index >= 15 is 0 Å². The third-order valence-corrected chi connectivity index (χ3v) is 4.09. The fraction of sp³-hybridized carbons (Fsp3) is 0.636. The van der Waals surface area contributed by atoms with Crippen LogP contribution < -0.4 is 5.73 Å². The molecule has 1 aromatic heterocycles.